The molecule has 0 N–H and O–H groups in total. The molecule has 3 rings (SSSR count). The molecule has 0 bridgehead atoms. The third kappa shape index (κ3) is 5.92. The van der Waals surface area contributed by atoms with E-state index in [0.29, 0.717) is 43.2 Å². The summed E-state index contributed by atoms with van der Waals surface area (Å²) in [6.45, 7) is 1.31. The van der Waals surface area contributed by atoms with Crippen LogP contribution in [0.4, 0.5) is 8.63 Å². The van der Waals surface area contributed by atoms with Crippen molar-refractivity contribution in [1.29, 1.82) is 0 Å². The van der Waals surface area contributed by atoms with Crippen LogP contribution < -0.4 is 0 Å². The van der Waals surface area contributed by atoms with Gasteiger partial charge in [0.2, 0.25) is 0 Å². The number of carbonyl (C=O) groups is 1. The van der Waals surface area contributed by atoms with Crippen molar-refractivity contribution in [2.45, 2.75) is 19.3 Å². The van der Waals surface area contributed by atoms with Gasteiger partial charge in [-0.2, -0.15) is 0 Å². The van der Waals surface area contributed by atoms with Crippen LogP contribution in [0.25, 0.3) is 6.08 Å². The predicted octanol–water partition coefficient (Wildman–Crippen LogP) is 8.21. The van der Waals surface area contributed by atoms with Gasteiger partial charge in [0.25, 0.3) is 0 Å². The quantitative estimate of drug-likeness (QED) is 0.373. The summed E-state index contributed by atoms with van der Waals surface area (Å²) in [5.74, 6) is -1.15. The molecule has 0 saturated heterocycles. The van der Waals surface area contributed by atoms with Gasteiger partial charge in [-0.15, -0.1) is 0 Å². The highest BCUT2D eigenvalue weighted by molar-refractivity contribution is 6.36. The van der Waals surface area contributed by atoms with Gasteiger partial charge in [-0.25, -0.2) is 8.63 Å². The highest BCUT2D eigenvalue weighted by Crippen LogP contribution is 2.42. The lowest BCUT2D eigenvalue weighted by Gasteiger charge is -2.27. The second-order valence-corrected chi connectivity index (χ2v) is 8.54. The van der Waals surface area contributed by atoms with Gasteiger partial charge < -0.3 is 4.65 Å². The first-order valence-electron chi connectivity index (χ1n) is 9.14. The Labute approximate surface area is 199 Å². The van der Waals surface area contributed by atoms with Crippen LogP contribution in [0.3, 0.4) is 0 Å². The molecule has 1 unspecified atom stereocenters. The van der Waals surface area contributed by atoms with Crippen LogP contribution in [0.5, 0.6) is 0 Å². The van der Waals surface area contributed by atoms with Crippen molar-refractivity contribution < 1.29 is 18.1 Å². The first kappa shape index (κ1) is 23.9. The lowest BCUT2D eigenvalue weighted by atomic mass is 9.79. The predicted molar refractivity (Wildman–Crippen MR) is 124 cm³/mol. The number of allylic oxidation sites excluding steroid dienone is 4. The molecule has 2 nitrogen and oxygen atoms in total. The van der Waals surface area contributed by atoms with Gasteiger partial charge in [0.1, 0.15) is 5.76 Å². The molecule has 9 heteroatoms. The summed E-state index contributed by atoms with van der Waals surface area (Å²) in [4.78, 5) is 12.4. The van der Waals surface area contributed by atoms with Crippen molar-refractivity contribution in [2.24, 2.45) is 0 Å². The summed E-state index contributed by atoms with van der Waals surface area (Å²) in [5, 5.41) is 1.70. The Bertz CT molecular complexity index is 1110. The van der Waals surface area contributed by atoms with Gasteiger partial charge in [0, 0.05) is 31.6 Å². The van der Waals surface area contributed by atoms with Crippen LogP contribution in [0.1, 0.15) is 30.4 Å². The zero-order valence-electron chi connectivity index (χ0n) is 16.1. The molecule has 1 atom stereocenters. The van der Waals surface area contributed by atoms with E-state index in [0.717, 1.165) is 0 Å². The molecule has 0 aromatic heterocycles. The van der Waals surface area contributed by atoms with Gasteiger partial charge in [-0.05, 0) is 60.4 Å². The molecule has 160 valence electrons. The van der Waals surface area contributed by atoms with E-state index in [2.05, 4.69) is 0 Å². The number of ketones is 1. The van der Waals surface area contributed by atoms with Crippen LogP contribution in [0, 0.1) is 0 Å². The molecular formula is C22H15BCl4F2O2. The van der Waals surface area contributed by atoms with Crippen LogP contribution in [-0.2, 0) is 9.45 Å². The van der Waals surface area contributed by atoms with E-state index in [1.807, 2.05) is 0 Å². The average Bonchev–Trinajstić information content (AvgIpc) is 2.66. The van der Waals surface area contributed by atoms with Crippen LogP contribution in [0.15, 0.2) is 65.5 Å². The maximum absolute atomic E-state index is 13.1. The second kappa shape index (κ2) is 10.2. The molecular weight excluding hydrogens is 487 g/mol. The molecule has 0 spiro atoms. The fourth-order valence-corrected chi connectivity index (χ4v) is 4.44. The van der Waals surface area contributed by atoms with Gasteiger partial charge in [-0.3, -0.25) is 4.79 Å². The lowest BCUT2D eigenvalue weighted by Crippen LogP contribution is -2.19. The SMILES string of the molecule is CC(=O)C1=C(OB(F)F)C=C(/C=C\c2ccc(Cl)cc2Cl)CC1c1ccc(Cl)cc1Cl. The normalized spacial score (nSPS) is 16.5. The second-order valence-electron chi connectivity index (χ2n) is 6.85. The minimum atomic E-state index is -3.09. The Kier molecular flexibility index (Phi) is 7.87. The number of hydrogen-bond donors (Lipinski definition) is 0. The van der Waals surface area contributed by atoms with Gasteiger partial charge in [-0.1, -0.05) is 70.7 Å². The molecule has 0 heterocycles. The van der Waals surface area contributed by atoms with E-state index in [9.17, 15) is 13.4 Å². The molecule has 2 aromatic carbocycles. The Hall–Kier alpha value is -1.79. The summed E-state index contributed by atoms with van der Waals surface area (Å²) >= 11 is 24.5. The van der Waals surface area contributed by atoms with Crippen molar-refractivity contribution in [3.63, 3.8) is 0 Å². The molecule has 0 amide bonds. The first-order valence-corrected chi connectivity index (χ1v) is 10.7. The zero-order chi connectivity index (χ0) is 22.7. The van der Waals surface area contributed by atoms with Crippen molar-refractivity contribution in [3.05, 3.63) is 96.7 Å². The molecule has 0 radical (unpaired) electrons. The Morgan fingerprint density at radius 1 is 1.03 bits per heavy atom. The smallest absolute Gasteiger partial charge is 0.505 e. The molecule has 0 saturated carbocycles. The van der Waals surface area contributed by atoms with Gasteiger partial charge in [0.05, 0.1) is 0 Å². The molecule has 2 aromatic rings. The van der Waals surface area contributed by atoms with E-state index in [-0.39, 0.29) is 17.1 Å². The van der Waals surface area contributed by atoms with E-state index < -0.39 is 13.4 Å². The summed E-state index contributed by atoms with van der Waals surface area (Å²) in [6.07, 6.45) is 5.25. The Balaban J connectivity index is 2.08. The summed E-state index contributed by atoms with van der Waals surface area (Å²) < 4.78 is 30.9. The number of hydrogen-bond acceptors (Lipinski definition) is 2. The first-order chi connectivity index (χ1) is 14.7. The highest BCUT2D eigenvalue weighted by atomic mass is 35.5. The fraction of sp³-hybridized carbons (Fsp3) is 0.136. The van der Waals surface area contributed by atoms with E-state index in [4.69, 9.17) is 51.1 Å². The average molecular weight is 502 g/mol. The summed E-state index contributed by atoms with van der Waals surface area (Å²) in [7, 11) is -3.09. The third-order valence-corrected chi connectivity index (χ3v) is 5.87. The number of carbonyl (C=O) groups excluding carboxylic acids is 1. The molecule has 1 aliphatic carbocycles. The molecule has 1 aliphatic rings. The van der Waals surface area contributed by atoms with Crippen LogP contribution >= 0.6 is 46.4 Å². The van der Waals surface area contributed by atoms with Crippen molar-refractivity contribution in [3.8, 4) is 0 Å². The Morgan fingerprint density at radius 2 is 1.68 bits per heavy atom. The number of rotatable bonds is 6. The monoisotopic (exact) mass is 500 g/mol. The zero-order valence-corrected chi connectivity index (χ0v) is 19.2. The van der Waals surface area contributed by atoms with Crippen LogP contribution in [-0.4, -0.2) is 13.3 Å². The van der Waals surface area contributed by atoms with Gasteiger partial charge in [0.15, 0.2) is 5.78 Å². The molecule has 31 heavy (non-hydrogen) atoms. The van der Waals surface area contributed by atoms with E-state index in [1.165, 1.54) is 13.0 Å². The number of Topliss-reactive ketones (excluding diaryl/α,β-unsaturated/α-hetero) is 1. The standard InChI is InChI=1S/C22H15BCl4F2O2/c1-12(30)22-18(17-7-6-16(25)11-20(17)27)8-13(9-21(22)31-23(28)29)2-3-14-4-5-15(24)10-19(14)26/h2-7,9-11,18H,8H2,1H3/b3-2-. The number of halogens is 6. The van der Waals surface area contributed by atoms with Crippen molar-refractivity contribution in [1.82, 2.24) is 0 Å². The lowest BCUT2D eigenvalue weighted by molar-refractivity contribution is -0.114. The van der Waals surface area contributed by atoms with Crippen molar-refractivity contribution in [2.75, 3.05) is 0 Å². The van der Waals surface area contributed by atoms with Gasteiger partial charge >= 0.3 is 7.47 Å². The minimum Gasteiger partial charge on any atom is -0.505 e. The Morgan fingerprint density at radius 3 is 2.26 bits per heavy atom. The maximum Gasteiger partial charge on any atom is 0.796 e. The minimum absolute atomic E-state index is 0.131. The van der Waals surface area contributed by atoms with Crippen molar-refractivity contribution >= 4 is 65.7 Å². The summed E-state index contributed by atoms with van der Waals surface area (Å²) in [5.41, 5.74) is 2.08. The summed E-state index contributed by atoms with van der Waals surface area (Å²) in [6, 6.07) is 9.90. The third-order valence-electron chi connectivity index (χ3n) is 4.74. The fourth-order valence-electron chi connectivity index (χ4n) is 3.43. The topological polar surface area (TPSA) is 26.3 Å². The van der Waals surface area contributed by atoms with E-state index >= 15 is 0 Å². The largest absolute Gasteiger partial charge is 0.796 e. The molecule has 0 fully saturated rings. The molecule has 0 aliphatic heterocycles. The van der Waals surface area contributed by atoms with E-state index in [1.54, 1.807) is 48.6 Å². The maximum atomic E-state index is 13.1. The number of benzene rings is 2. The highest BCUT2D eigenvalue weighted by Gasteiger charge is 2.32. The van der Waals surface area contributed by atoms with Crippen LogP contribution in [0.2, 0.25) is 20.1 Å².